The van der Waals surface area contributed by atoms with E-state index in [1.807, 2.05) is 11.8 Å². The summed E-state index contributed by atoms with van der Waals surface area (Å²) in [7, 11) is 0. The van der Waals surface area contributed by atoms with Crippen molar-refractivity contribution in [1.29, 1.82) is 0 Å². The molecule has 89 heavy (non-hydrogen) atoms. The fourth-order valence-corrected chi connectivity index (χ4v) is 17.3. The van der Waals surface area contributed by atoms with Crippen molar-refractivity contribution in [1.82, 2.24) is 0 Å². The molecule has 0 aromatic heterocycles. The lowest BCUT2D eigenvalue weighted by atomic mass is 9.34. The van der Waals surface area contributed by atoms with Crippen LogP contribution < -0.4 is 35.5 Å². The molecule has 6 heteroatoms. The lowest BCUT2D eigenvalue weighted by Crippen LogP contribution is -2.60. The van der Waals surface area contributed by atoms with Crippen molar-refractivity contribution in [3.05, 3.63) is 299 Å². The molecule has 1 spiro atoms. The Hall–Kier alpha value is -9.75. The molecule has 0 unspecified atom stereocenters. The number of nitrogens with zero attached hydrogens (tertiary/aromatic N) is 1. The van der Waals surface area contributed by atoms with Gasteiger partial charge in [0, 0.05) is 82.6 Å². The summed E-state index contributed by atoms with van der Waals surface area (Å²) in [5.74, 6) is 5.29. The van der Waals surface area contributed by atoms with E-state index in [1.165, 1.54) is 76.3 Å². The normalized spacial score (nSPS) is 15.6. The van der Waals surface area contributed by atoms with Crippen LogP contribution in [0.5, 0.6) is 34.5 Å². The van der Waals surface area contributed by atoms with Crippen molar-refractivity contribution in [2.75, 3.05) is 4.90 Å². The first-order valence-corrected chi connectivity index (χ1v) is 32.1. The molecular weight excluding hydrogens is 1100 g/mol. The van der Waals surface area contributed by atoms with Crippen LogP contribution in [0.15, 0.2) is 259 Å². The Balaban J connectivity index is 0.948. The van der Waals surface area contributed by atoms with E-state index in [4.69, 9.17) is 14.2 Å². The van der Waals surface area contributed by atoms with Crippen LogP contribution in [0, 0.1) is 0 Å². The zero-order valence-corrected chi connectivity index (χ0v) is 51.6. The molecule has 0 bridgehead atoms. The minimum absolute atomic E-state index is 0.171. The Bertz CT molecular complexity index is 4930. The fraction of sp³-hybridized carbons (Fsp3) is 0.133. The summed E-state index contributed by atoms with van der Waals surface area (Å²) in [5.41, 5.74) is 25.8. The molecule has 12 aromatic rings. The third-order valence-electron chi connectivity index (χ3n) is 20.4. The maximum atomic E-state index is 7.25. The van der Waals surface area contributed by atoms with E-state index in [2.05, 4.69) is 302 Å². The van der Waals surface area contributed by atoms with Gasteiger partial charge in [-0.1, -0.05) is 254 Å². The SMILES string of the molecule is CC(C)(C)c1cc(-c2ccccc2)c(N2c3cc4c(cc3B3c5cc6c(cc5Sc5cc(-c7ccc8c(c7)Oc7ccccc7C87c8ccccc8-c8ccccc87)cc2c53)Oc2ccccc2C6(C)C)C(C)(C)c2ccccc2O4)c(-c2ccccc2)c1. The number of ether oxygens (including phenoxy) is 3. The Morgan fingerprint density at radius 3 is 1.39 bits per heavy atom. The molecule has 1 aliphatic carbocycles. The highest BCUT2D eigenvalue weighted by Gasteiger charge is 2.52. The maximum Gasteiger partial charge on any atom is 0.249 e. The fourth-order valence-electron chi connectivity index (χ4n) is 16.0. The van der Waals surface area contributed by atoms with E-state index < -0.39 is 5.41 Å². The van der Waals surface area contributed by atoms with Crippen molar-refractivity contribution in [2.45, 2.75) is 79.9 Å². The van der Waals surface area contributed by atoms with E-state index in [-0.39, 0.29) is 23.0 Å². The lowest BCUT2D eigenvalue weighted by molar-refractivity contribution is 0.417. The number of hydrogen-bond donors (Lipinski definition) is 0. The van der Waals surface area contributed by atoms with E-state index in [9.17, 15) is 0 Å². The Morgan fingerprint density at radius 2 is 0.820 bits per heavy atom. The van der Waals surface area contributed by atoms with E-state index in [0.717, 1.165) is 96.1 Å². The molecule has 0 amide bonds. The molecule has 6 aliphatic rings. The van der Waals surface area contributed by atoms with Gasteiger partial charge in [0.05, 0.1) is 11.1 Å². The maximum absolute atomic E-state index is 7.25. The summed E-state index contributed by atoms with van der Waals surface area (Å²) in [6.45, 7) is 16.3. The predicted octanol–water partition coefficient (Wildman–Crippen LogP) is 20.1. The van der Waals surface area contributed by atoms with Crippen LogP contribution in [0.3, 0.4) is 0 Å². The van der Waals surface area contributed by atoms with Gasteiger partial charge in [-0.3, -0.25) is 0 Å². The molecule has 0 saturated heterocycles. The van der Waals surface area contributed by atoms with Gasteiger partial charge in [0.1, 0.15) is 34.5 Å². The summed E-state index contributed by atoms with van der Waals surface area (Å²) in [6.07, 6.45) is 0. The quantitative estimate of drug-likeness (QED) is 0.164. The zero-order chi connectivity index (χ0) is 59.9. The van der Waals surface area contributed by atoms with Crippen LogP contribution in [0.25, 0.3) is 44.5 Å². The molecule has 0 saturated carbocycles. The molecule has 5 heterocycles. The van der Waals surface area contributed by atoms with Crippen molar-refractivity contribution in [3.8, 4) is 79.0 Å². The first-order chi connectivity index (χ1) is 43.2. The molecule has 426 valence electrons. The second-order valence-electron chi connectivity index (χ2n) is 27.1. The van der Waals surface area contributed by atoms with Gasteiger partial charge in [0.15, 0.2) is 0 Å². The molecule has 12 aromatic carbocycles. The first kappa shape index (κ1) is 52.4. The number of rotatable bonds is 4. The molecule has 4 nitrogen and oxygen atoms in total. The predicted molar refractivity (Wildman–Crippen MR) is 366 cm³/mol. The van der Waals surface area contributed by atoms with Gasteiger partial charge in [0.2, 0.25) is 6.71 Å². The van der Waals surface area contributed by atoms with Gasteiger partial charge in [-0.15, -0.1) is 0 Å². The number of hydrogen-bond acceptors (Lipinski definition) is 5. The minimum atomic E-state index is -0.585. The molecule has 18 rings (SSSR count). The molecule has 5 aliphatic heterocycles. The Labute approximate surface area is 525 Å². The third-order valence-corrected chi connectivity index (χ3v) is 21.6. The molecule has 0 fully saturated rings. The number of para-hydroxylation sites is 3. The summed E-state index contributed by atoms with van der Waals surface area (Å²) >= 11 is 1.87. The van der Waals surface area contributed by atoms with Crippen LogP contribution >= 0.6 is 11.8 Å². The number of fused-ring (bicyclic) bond motifs is 17. The lowest BCUT2D eigenvalue weighted by Gasteiger charge is -2.44. The van der Waals surface area contributed by atoms with Gasteiger partial charge < -0.3 is 19.1 Å². The average Bonchev–Trinajstić information content (AvgIpc) is 1.69. The standard InChI is InChI=1S/C83H62BNO3S/c1-80(2,3)53-43-56(49-24-10-8-11-25-49)79(57(44-53)50-26-12-9-13-27-50)85-68-47-74-64(81(4,5)60-32-18-21-35-70(60)86-74)45-66(68)84-67-46-65-75(87-71-36-22-19-33-61(71)82(65,6)7)48-76(67)89-77-42-52(40-69(85)78(77)84)51-38-39-63-73(41-51)88-72-37-23-20-34-62(72)83(63)58-30-16-14-28-54(58)55-29-15-17-31-59(55)83/h8-48H,1-7H3. The molecule has 0 atom stereocenters. The topological polar surface area (TPSA) is 30.9 Å². The largest absolute Gasteiger partial charge is 0.457 e. The second kappa shape index (κ2) is 18.6. The van der Waals surface area contributed by atoms with E-state index in [1.54, 1.807) is 0 Å². The Kier molecular flexibility index (Phi) is 11.0. The summed E-state index contributed by atoms with van der Waals surface area (Å²) in [6, 6.07) is 92.6. The first-order valence-electron chi connectivity index (χ1n) is 31.2. The van der Waals surface area contributed by atoms with Gasteiger partial charge in [0.25, 0.3) is 0 Å². The van der Waals surface area contributed by atoms with Crippen LogP contribution in [-0.2, 0) is 21.7 Å². The van der Waals surface area contributed by atoms with E-state index >= 15 is 0 Å². The van der Waals surface area contributed by atoms with Crippen LogP contribution in [0.2, 0.25) is 0 Å². The van der Waals surface area contributed by atoms with Crippen molar-refractivity contribution >= 4 is 51.9 Å². The van der Waals surface area contributed by atoms with Crippen molar-refractivity contribution < 1.29 is 14.2 Å². The summed E-state index contributed by atoms with van der Waals surface area (Å²) in [5, 5.41) is 0. The van der Waals surface area contributed by atoms with Crippen molar-refractivity contribution in [3.63, 3.8) is 0 Å². The zero-order valence-electron chi connectivity index (χ0n) is 50.8. The highest BCUT2D eigenvalue weighted by atomic mass is 32.2. The van der Waals surface area contributed by atoms with Crippen LogP contribution in [-0.4, -0.2) is 6.71 Å². The average molecular weight is 1160 g/mol. The molecule has 0 N–H and O–H groups in total. The smallest absolute Gasteiger partial charge is 0.249 e. The number of benzene rings is 12. The molecule has 0 radical (unpaired) electrons. The summed E-state index contributed by atoms with van der Waals surface area (Å²) in [4.78, 5) is 5.03. The monoisotopic (exact) mass is 1160 g/mol. The third kappa shape index (κ3) is 7.38. The van der Waals surface area contributed by atoms with Crippen LogP contribution in [0.4, 0.5) is 17.1 Å². The van der Waals surface area contributed by atoms with Crippen molar-refractivity contribution in [2.24, 2.45) is 0 Å². The summed E-state index contributed by atoms with van der Waals surface area (Å²) < 4.78 is 21.5. The number of anilines is 3. The Morgan fingerprint density at radius 1 is 0.348 bits per heavy atom. The van der Waals surface area contributed by atoms with Gasteiger partial charge in [-0.05, 0) is 121 Å². The minimum Gasteiger partial charge on any atom is -0.457 e. The van der Waals surface area contributed by atoms with E-state index in [0.29, 0.717) is 0 Å². The van der Waals surface area contributed by atoms with Gasteiger partial charge >= 0.3 is 0 Å². The second-order valence-corrected chi connectivity index (χ2v) is 28.2. The van der Waals surface area contributed by atoms with Gasteiger partial charge in [-0.25, -0.2) is 0 Å². The highest BCUT2D eigenvalue weighted by Crippen LogP contribution is 2.63. The highest BCUT2D eigenvalue weighted by molar-refractivity contribution is 8.00. The van der Waals surface area contributed by atoms with Crippen LogP contribution in [0.1, 0.15) is 98.5 Å². The van der Waals surface area contributed by atoms with Gasteiger partial charge in [-0.2, -0.15) is 0 Å². The molecular formula is C83H62BNO3S.